The largest absolute Gasteiger partial charge is 0.383 e. The third-order valence-electron chi connectivity index (χ3n) is 6.86. The van der Waals surface area contributed by atoms with E-state index in [2.05, 4.69) is 16.5 Å². The number of pyridine rings is 1. The van der Waals surface area contributed by atoms with Gasteiger partial charge in [0.2, 0.25) is 0 Å². The quantitative estimate of drug-likeness (QED) is 0.298. The number of hydrogen-bond acceptors (Lipinski definition) is 6. The lowest BCUT2D eigenvalue weighted by Crippen LogP contribution is -2.25. The van der Waals surface area contributed by atoms with Crippen molar-refractivity contribution in [1.82, 2.24) is 24.3 Å². The number of hydrogen-bond donors (Lipinski definition) is 2. The first-order valence-electron chi connectivity index (χ1n) is 12.4. The van der Waals surface area contributed by atoms with E-state index < -0.39 is 0 Å². The van der Waals surface area contributed by atoms with Crippen LogP contribution < -0.4 is 17.0 Å². The zero-order chi connectivity index (χ0) is 27.7. The minimum atomic E-state index is -0.126. The second kappa shape index (κ2) is 10.5. The number of allylic oxidation sites excluding steroid dienone is 2. The molecule has 5 rings (SSSR count). The summed E-state index contributed by atoms with van der Waals surface area (Å²) in [6.45, 7) is 8.00. The molecule has 0 aliphatic carbocycles. The highest BCUT2D eigenvalue weighted by Crippen LogP contribution is 2.31. The molecular formula is C30H28FN7O. The van der Waals surface area contributed by atoms with Crippen LogP contribution in [0.15, 0.2) is 90.3 Å². The van der Waals surface area contributed by atoms with Crippen molar-refractivity contribution in [3.05, 3.63) is 118 Å². The number of nitrogens with zero attached hydrogens (tertiary/aromatic N) is 5. The van der Waals surface area contributed by atoms with Crippen LogP contribution in [0.4, 0.5) is 10.2 Å². The van der Waals surface area contributed by atoms with Crippen molar-refractivity contribution < 1.29 is 4.39 Å². The third-order valence-corrected chi connectivity index (χ3v) is 6.86. The molecule has 0 saturated carbocycles. The molecule has 196 valence electrons. The van der Waals surface area contributed by atoms with E-state index in [1.54, 1.807) is 15.3 Å². The second-order valence-corrected chi connectivity index (χ2v) is 9.21. The first-order chi connectivity index (χ1) is 18.9. The summed E-state index contributed by atoms with van der Waals surface area (Å²) in [5.74, 6) is 0.192. The van der Waals surface area contributed by atoms with Crippen LogP contribution in [0.25, 0.3) is 33.1 Å². The molecule has 0 unspecified atom stereocenters. The molecule has 5 aromatic rings. The maximum absolute atomic E-state index is 14.0. The number of anilines is 1. The first-order valence-corrected chi connectivity index (χ1v) is 12.4. The maximum atomic E-state index is 14.0. The standard InChI is InChI=1S/C30H28FN7O/c1-4-20(15-32)23(12-13-31)27-26-28(33)34-17-35-29(26)37(36-27)16-22-14-21-10-7-9-19(3)25(21)30(39)38(22)24-11-6-5-8-18(24)2/h4-14,17H,1,15-16,32H2,2-3H3,(H2,33,34,35). The monoisotopic (exact) mass is 521 g/mol. The summed E-state index contributed by atoms with van der Waals surface area (Å²) in [4.78, 5) is 22.6. The van der Waals surface area contributed by atoms with Crippen LogP contribution in [0.1, 0.15) is 22.5 Å². The number of nitrogens with two attached hydrogens (primary N) is 2. The van der Waals surface area contributed by atoms with Gasteiger partial charge in [-0.15, -0.1) is 0 Å². The van der Waals surface area contributed by atoms with E-state index in [1.807, 2.05) is 62.4 Å². The lowest BCUT2D eigenvalue weighted by Gasteiger charge is -2.17. The van der Waals surface area contributed by atoms with Gasteiger partial charge in [-0.25, -0.2) is 19.0 Å². The minimum Gasteiger partial charge on any atom is -0.383 e. The average molecular weight is 522 g/mol. The summed E-state index contributed by atoms with van der Waals surface area (Å²) in [5.41, 5.74) is 17.2. The predicted molar refractivity (Wildman–Crippen MR) is 154 cm³/mol. The fourth-order valence-corrected chi connectivity index (χ4v) is 4.97. The van der Waals surface area contributed by atoms with E-state index in [4.69, 9.17) is 16.6 Å². The van der Waals surface area contributed by atoms with Crippen LogP contribution in [-0.2, 0) is 6.54 Å². The highest BCUT2D eigenvalue weighted by atomic mass is 19.1. The molecule has 0 aliphatic rings. The molecule has 9 heteroatoms. The molecule has 8 nitrogen and oxygen atoms in total. The van der Waals surface area contributed by atoms with Gasteiger partial charge < -0.3 is 11.5 Å². The number of nitrogen functional groups attached to an aromatic ring is 1. The SMILES string of the molecule is C=CC(CN)=C(C=CF)c1nn(Cc2cc3cccc(C)c3c(=O)n2-c2ccccc2C)c2ncnc(N)c12. The summed E-state index contributed by atoms with van der Waals surface area (Å²) in [6.07, 6.45) is 4.59. The molecule has 4 N–H and O–H groups in total. The molecular weight excluding hydrogens is 493 g/mol. The van der Waals surface area contributed by atoms with Crippen LogP contribution >= 0.6 is 0 Å². The highest BCUT2D eigenvalue weighted by Gasteiger charge is 2.21. The number of aryl methyl sites for hydroxylation is 2. The fraction of sp³-hybridized carbons (Fsp3) is 0.133. The molecule has 39 heavy (non-hydrogen) atoms. The minimum absolute atomic E-state index is 0.113. The molecule has 3 aromatic heterocycles. The molecule has 0 amide bonds. The zero-order valence-electron chi connectivity index (χ0n) is 21.7. The molecule has 0 spiro atoms. The third kappa shape index (κ3) is 4.42. The Morgan fingerprint density at radius 1 is 1.08 bits per heavy atom. The predicted octanol–water partition coefficient (Wildman–Crippen LogP) is 4.76. The van der Waals surface area contributed by atoms with Crippen LogP contribution in [0, 0.1) is 13.8 Å². The number of benzene rings is 2. The Bertz CT molecular complexity index is 1860. The summed E-state index contributed by atoms with van der Waals surface area (Å²) in [7, 11) is 0. The van der Waals surface area contributed by atoms with Crippen LogP contribution in [0.2, 0.25) is 0 Å². The number of halogens is 1. The van der Waals surface area contributed by atoms with E-state index >= 15 is 0 Å². The molecule has 0 bridgehead atoms. The van der Waals surface area contributed by atoms with E-state index in [-0.39, 0.29) is 24.5 Å². The lowest BCUT2D eigenvalue weighted by atomic mass is 10.0. The van der Waals surface area contributed by atoms with E-state index in [0.717, 1.165) is 22.2 Å². The Hall–Kier alpha value is -4.89. The highest BCUT2D eigenvalue weighted by molar-refractivity contribution is 5.98. The van der Waals surface area contributed by atoms with Crippen molar-refractivity contribution in [2.45, 2.75) is 20.4 Å². The molecule has 0 fully saturated rings. The molecule has 3 heterocycles. The van der Waals surface area contributed by atoms with E-state index in [0.29, 0.717) is 45.3 Å². The normalized spacial score (nSPS) is 12.4. The molecule has 0 atom stereocenters. The average Bonchev–Trinajstić information content (AvgIpc) is 3.29. The number of para-hydroxylation sites is 1. The summed E-state index contributed by atoms with van der Waals surface area (Å²) in [6, 6.07) is 15.5. The summed E-state index contributed by atoms with van der Waals surface area (Å²) < 4.78 is 16.9. The van der Waals surface area contributed by atoms with Gasteiger partial charge in [0.25, 0.3) is 5.56 Å². The Morgan fingerprint density at radius 3 is 2.56 bits per heavy atom. The molecule has 0 saturated heterocycles. The van der Waals surface area contributed by atoms with E-state index in [1.165, 1.54) is 12.4 Å². The van der Waals surface area contributed by atoms with Gasteiger partial charge in [-0.1, -0.05) is 49.1 Å². The lowest BCUT2D eigenvalue weighted by molar-refractivity contribution is 0.667. The maximum Gasteiger partial charge on any atom is 0.263 e. The summed E-state index contributed by atoms with van der Waals surface area (Å²) >= 11 is 0. The van der Waals surface area contributed by atoms with Crippen LogP contribution in [0.3, 0.4) is 0 Å². The van der Waals surface area contributed by atoms with Gasteiger partial charge >= 0.3 is 0 Å². The number of aromatic nitrogens is 5. The van der Waals surface area contributed by atoms with Crippen molar-refractivity contribution in [2.24, 2.45) is 5.73 Å². The van der Waals surface area contributed by atoms with Gasteiger partial charge in [-0.2, -0.15) is 5.10 Å². The van der Waals surface area contributed by atoms with Gasteiger partial charge in [0.15, 0.2) is 5.65 Å². The van der Waals surface area contributed by atoms with Crippen LogP contribution in [0.5, 0.6) is 0 Å². The van der Waals surface area contributed by atoms with E-state index in [9.17, 15) is 9.18 Å². The Morgan fingerprint density at radius 2 is 1.85 bits per heavy atom. The zero-order valence-corrected chi connectivity index (χ0v) is 21.7. The van der Waals surface area contributed by atoms with Gasteiger partial charge in [-0.3, -0.25) is 9.36 Å². The molecule has 0 radical (unpaired) electrons. The summed E-state index contributed by atoms with van der Waals surface area (Å²) in [5, 5.41) is 6.74. The molecule has 0 aliphatic heterocycles. The first kappa shape index (κ1) is 25.7. The van der Waals surface area contributed by atoms with Crippen molar-refractivity contribution >= 4 is 33.2 Å². The van der Waals surface area contributed by atoms with Crippen LogP contribution in [-0.4, -0.2) is 30.9 Å². The molecule has 2 aromatic carbocycles. The Balaban J connectivity index is 1.82. The smallest absolute Gasteiger partial charge is 0.263 e. The van der Waals surface area contributed by atoms with Gasteiger partial charge in [0, 0.05) is 17.8 Å². The van der Waals surface area contributed by atoms with Gasteiger partial charge in [0.1, 0.15) is 17.8 Å². The van der Waals surface area contributed by atoms with Crippen molar-refractivity contribution in [1.29, 1.82) is 0 Å². The number of fused-ring (bicyclic) bond motifs is 2. The Labute approximate surface area is 224 Å². The van der Waals surface area contributed by atoms with Gasteiger partial charge in [0.05, 0.1) is 29.3 Å². The number of rotatable bonds is 7. The van der Waals surface area contributed by atoms with Crippen molar-refractivity contribution in [2.75, 3.05) is 12.3 Å². The van der Waals surface area contributed by atoms with Crippen molar-refractivity contribution in [3.8, 4) is 5.69 Å². The van der Waals surface area contributed by atoms with Gasteiger partial charge in [-0.05, 0) is 54.1 Å². The topological polar surface area (TPSA) is 118 Å². The second-order valence-electron chi connectivity index (χ2n) is 9.21. The van der Waals surface area contributed by atoms with Crippen molar-refractivity contribution in [3.63, 3.8) is 0 Å². The fourth-order valence-electron chi connectivity index (χ4n) is 4.97. The Kier molecular flexibility index (Phi) is 6.91.